The van der Waals surface area contributed by atoms with Crippen molar-refractivity contribution in [2.24, 2.45) is 5.41 Å². The van der Waals surface area contributed by atoms with Crippen LogP contribution in [-0.4, -0.2) is 21.9 Å². The zero-order chi connectivity index (χ0) is 14.3. The van der Waals surface area contributed by atoms with E-state index in [0.29, 0.717) is 17.0 Å². The molecule has 19 heavy (non-hydrogen) atoms. The fourth-order valence-electron chi connectivity index (χ4n) is 1.86. The van der Waals surface area contributed by atoms with E-state index in [0.717, 1.165) is 0 Å². The van der Waals surface area contributed by atoms with Crippen LogP contribution < -0.4 is 5.32 Å². The highest BCUT2D eigenvalue weighted by molar-refractivity contribution is 6.53. The number of carbonyl (C=O) groups is 1. The number of aliphatic hydroxyl groups is 1. The zero-order valence-electron chi connectivity index (χ0n) is 10.3. The van der Waals surface area contributed by atoms with Crippen molar-refractivity contribution >= 4 is 40.7 Å². The lowest BCUT2D eigenvalue weighted by Crippen LogP contribution is -2.36. The van der Waals surface area contributed by atoms with Crippen LogP contribution in [0.25, 0.3) is 0 Å². The Morgan fingerprint density at radius 2 is 2.16 bits per heavy atom. The van der Waals surface area contributed by atoms with Gasteiger partial charge in [-0.05, 0) is 31.0 Å². The Balaban J connectivity index is 1.91. The highest BCUT2D eigenvalue weighted by atomic mass is 35.5. The second-order valence-electron chi connectivity index (χ2n) is 4.99. The zero-order valence-corrected chi connectivity index (χ0v) is 12.6. The van der Waals surface area contributed by atoms with Gasteiger partial charge in [-0.3, -0.25) is 4.79 Å². The highest BCUT2D eigenvalue weighted by Gasteiger charge is 2.67. The lowest BCUT2D eigenvalue weighted by Gasteiger charge is -2.16. The second kappa shape index (κ2) is 5.13. The number of hydrogen-bond donors (Lipinski definition) is 2. The molecule has 2 unspecified atom stereocenters. The summed E-state index contributed by atoms with van der Waals surface area (Å²) in [6, 6.07) is 6.87. The van der Waals surface area contributed by atoms with Gasteiger partial charge in [0.15, 0.2) is 0 Å². The summed E-state index contributed by atoms with van der Waals surface area (Å²) in [5.41, 5.74) is -0.124. The summed E-state index contributed by atoms with van der Waals surface area (Å²) in [5.74, 6) is -0.251. The highest BCUT2D eigenvalue weighted by Crippen LogP contribution is 2.63. The SMILES string of the molecule is CC1(C(=O)NCC(O)c2cccc(Cl)c2)CC1(Cl)Cl. The van der Waals surface area contributed by atoms with Crippen molar-refractivity contribution in [3.8, 4) is 0 Å². The monoisotopic (exact) mass is 321 g/mol. The number of benzene rings is 1. The Morgan fingerprint density at radius 3 is 2.68 bits per heavy atom. The van der Waals surface area contributed by atoms with Crippen molar-refractivity contribution in [2.75, 3.05) is 6.54 Å². The summed E-state index contributed by atoms with van der Waals surface area (Å²) in [6.07, 6.45) is -0.396. The van der Waals surface area contributed by atoms with Gasteiger partial charge in [-0.15, -0.1) is 23.2 Å². The van der Waals surface area contributed by atoms with Crippen LogP contribution >= 0.6 is 34.8 Å². The number of alkyl halides is 2. The van der Waals surface area contributed by atoms with E-state index in [4.69, 9.17) is 34.8 Å². The fourth-order valence-corrected chi connectivity index (χ4v) is 2.77. The van der Waals surface area contributed by atoms with E-state index in [-0.39, 0.29) is 12.5 Å². The Kier molecular flexibility index (Phi) is 4.03. The summed E-state index contributed by atoms with van der Waals surface area (Å²) >= 11 is 17.7. The molecular formula is C13H14Cl3NO2. The Labute approximate surface area is 126 Å². The summed E-state index contributed by atoms with van der Waals surface area (Å²) in [4.78, 5) is 11.9. The van der Waals surface area contributed by atoms with Crippen molar-refractivity contribution in [3.63, 3.8) is 0 Å². The van der Waals surface area contributed by atoms with Gasteiger partial charge in [0.1, 0.15) is 4.33 Å². The summed E-state index contributed by atoms with van der Waals surface area (Å²) < 4.78 is -1.00. The number of carbonyl (C=O) groups excluding carboxylic acids is 1. The van der Waals surface area contributed by atoms with Gasteiger partial charge in [-0.1, -0.05) is 23.7 Å². The number of rotatable bonds is 4. The molecule has 1 aromatic carbocycles. The Bertz CT molecular complexity index is 506. The molecule has 0 aromatic heterocycles. The van der Waals surface area contributed by atoms with Crippen LogP contribution in [0.1, 0.15) is 25.0 Å². The van der Waals surface area contributed by atoms with Crippen LogP contribution in [0.15, 0.2) is 24.3 Å². The van der Waals surface area contributed by atoms with E-state index in [2.05, 4.69) is 5.32 Å². The molecular weight excluding hydrogens is 309 g/mol. The maximum absolute atomic E-state index is 11.9. The standard InChI is InChI=1S/C13H14Cl3NO2/c1-12(7-13(12,15)16)11(19)17-6-10(18)8-3-2-4-9(14)5-8/h2-5,10,18H,6-7H2,1H3,(H,17,19). The predicted octanol–water partition coefficient (Wildman–Crippen LogP) is 3.07. The number of halogens is 3. The molecule has 2 rings (SSSR count). The third-order valence-electron chi connectivity index (χ3n) is 3.45. The number of amides is 1. The van der Waals surface area contributed by atoms with Crippen molar-refractivity contribution in [2.45, 2.75) is 23.8 Å². The average molecular weight is 323 g/mol. The number of hydrogen-bond acceptors (Lipinski definition) is 2. The molecule has 0 bridgehead atoms. The largest absolute Gasteiger partial charge is 0.387 e. The molecule has 6 heteroatoms. The van der Waals surface area contributed by atoms with Gasteiger partial charge < -0.3 is 10.4 Å². The van der Waals surface area contributed by atoms with Gasteiger partial charge in [-0.25, -0.2) is 0 Å². The number of aliphatic hydroxyl groups excluding tert-OH is 1. The van der Waals surface area contributed by atoms with Crippen molar-refractivity contribution in [1.82, 2.24) is 5.32 Å². The van der Waals surface area contributed by atoms with Gasteiger partial charge in [-0.2, -0.15) is 0 Å². The summed E-state index contributed by atoms with van der Waals surface area (Å²) in [7, 11) is 0. The maximum atomic E-state index is 11.9. The van der Waals surface area contributed by atoms with E-state index >= 15 is 0 Å². The second-order valence-corrected chi connectivity index (χ2v) is 6.91. The molecule has 1 aromatic rings. The number of nitrogens with one attached hydrogen (secondary N) is 1. The quantitative estimate of drug-likeness (QED) is 0.837. The van der Waals surface area contributed by atoms with E-state index < -0.39 is 15.9 Å². The average Bonchev–Trinajstić information content (AvgIpc) is 2.86. The first-order chi connectivity index (χ1) is 8.76. The van der Waals surface area contributed by atoms with E-state index in [1.807, 2.05) is 0 Å². The molecule has 0 aliphatic heterocycles. The first kappa shape index (κ1) is 14.9. The fraction of sp³-hybridized carbons (Fsp3) is 0.462. The first-order valence-corrected chi connectivity index (χ1v) is 6.99. The van der Waals surface area contributed by atoms with Gasteiger partial charge in [0.05, 0.1) is 11.5 Å². The van der Waals surface area contributed by atoms with E-state index in [9.17, 15) is 9.90 Å². The minimum atomic E-state index is -1.00. The Morgan fingerprint density at radius 1 is 1.53 bits per heavy atom. The molecule has 0 radical (unpaired) electrons. The maximum Gasteiger partial charge on any atom is 0.229 e. The van der Waals surface area contributed by atoms with Crippen LogP contribution in [-0.2, 0) is 4.79 Å². The van der Waals surface area contributed by atoms with Crippen LogP contribution in [0, 0.1) is 5.41 Å². The van der Waals surface area contributed by atoms with Crippen LogP contribution in [0.5, 0.6) is 0 Å². The van der Waals surface area contributed by atoms with Crippen molar-refractivity contribution < 1.29 is 9.90 Å². The van der Waals surface area contributed by atoms with Crippen LogP contribution in [0.2, 0.25) is 5.02 Å². The molecule has 2 atom stereocenters. The minimum Gasteiger partial charge on any atom is -0.387 e. The molecule has 0 saturated heterocycles. The van der Waals surface area contributed by atoms with E-state index in [1.54, 1.807) is 31.2 Å². The molecule has 1 saturated carbocycles. The van der Waals surface area contributed by atoms with Gasteiger partial charge in [0, 0.05) is 11.6 Å². The summed E-state index contributed by atoms with van der Waals surface area (Å²) in [6.45, 7) is 1.80. The van der Waals surface area contributed by atoms with Gasteiger partial charge in [0.25, 0.3) is 0 Å². The van der Waals surface area contributed by atoms with Crippen LogP contribution in [0.3, 0.4) is 0 Å². The molecule has 1 amide bonds. The molecule has 3 nitrogen and oxygen atoms in total. The smallest absolute Gasteiger partial charge is 0.229 e. The molecule has 104 valence electrons. The first-order valence-electron chi connectivity index (χ1n) is 5.86. The topological polar surface area (TPSA) is 49.3 Å². The molecule has 1 fully saturated rings. The molecule has 2 N–H and O–H groups in total. The third kappa shape index (κ3) is 3.00. The predicted molar refractivity (Wildman–Crippen MR) is 76.6 cm³/mol. The van der Waals surface area contributed by atoms with Crippen molar-refractivity contribution in [1.29, 1.82) is 0 Å². The lowest BCUT2D eigenvalue weighted by atomic mass is 10.1. The van der Waals surface area contributed by atoms with Crippen LogP contribution in [0.4, 0.5) is 0 Å². The van der Waals surface area contributed by atoms with E-state index in [1.165, 1.54) is 0 Å². The third-order valence-corrected chi connectivity index (χ3v) is 4.78. The Hall–Kier alpha value is -0.480. The van der Waals surface area contributed by atoms with Crippen molar-refractivity contribution in [3.05, 3.63) is 34.9 Å². The molecule has 1 aliphatic rings. The molecule has 1 aliphatic carbocycles. The minimum absolute atomic E-state index is 0.0959. The lowest BCUT2D eigenvalue weighted by molar-refractivity contribution is -0.126. The summed E-state index contributed by atoms with van der Waals surface area (Å²) in [5, 5.41) is 13.2. The normalized spacial score (nSPS) is 25.7. The molecule has 0 heterocycles. The van der Waals surface area contributed by atoms with Gasteiger partial charge >= 0.3 is 0 Å². The molecule has 0 spiro atoms. The van der Waals surface area contributed by atoms with Gasteiger partial charge in [0.2, 0.25) is 5.91 Å².